The summed E-state index contributed by atoms with van der Waals surface area (Å²) in [6.07, 6.45) is 62.5. The molecular formula is C83H162O17P2. The number of phosphoric ester groups is 2. The lowest BCUT2D eigenvalue weighted by molar-refractivity contribution is -0.161. The van der Waals surface area contributed by atoms with Crippen molar-refractivity contribution in [1.29, 1.82) is 0 Å². The van der Waals surface area contributed by atoms with Crippen LogP contribution in [-0.2, 0) is 65.4 Å². The Balaban J connectivity index is 5.24. The van der Waals surface area contributed by atoms with Crippen LogP contribution >= 0.6 is 15.6 Å². The zero-order valence-corrected chi connectivity index (χ0v) is 68.9. The molecule has 0 aliphatic heterocycles. The normalized spacial score (nSPS) is 13.9. The lowest BCUT2D eigenvalue weighted by Gasteiger charge is -2.21. The van der Waals surface area contributed by atoms with E-state index >= 15 is 0 Å². The van der Waals surface area contributed by atoms with Gasteiger partial charge in [-0.15, -0.1) is 0 Å². The molecule has 0 aliphatic rings. The van der Waals surface area contributed by atoms with Crippen LogP contribution in [0, 0.1) is 17.8 Å². The minimum Gasteiger partial charge on any atom is -0.462 e. The Morgan fingerprint density at radius 1 is 0.265 bits per heavy atom. The Labute approximate surface area is 626 Å². The number of ether oxygens (including phenoxy) is 4. The second-order valence-electron chi connectivity index (χ2n) is 31.3. The maximum Gasteiger partial charge on any atom is 0.472 e. The molecule has 2 unspecified atom stereocenters. The van der Waals surface area contributed by atoms with Gasteiger partial charge in [0.05, 0.1) is 26.4 Å². The highest BCUT2D eigenvalue weighted by Crippen LogP contribution is 2.45. The van der Waals surface area contributed by atoms with Gasteiger partial charge >= 0.3 is 39.5 Å². The molecule has 0 aromatic heterocycles. The fourth-order valence-corrected chi connectivity index (χ4v) is 14.4. The summed E-state index contributed by atoms with van der Waals surface area (Å²) in [7, 11) is -9.92. The first kappa shape index (κ1) is 100. The van der Waals surface area contributed by atoms with Crippen molar-refractivity contribution in [2.24, 2.45) is 17.8 Å². The van der Waals surface area contributed by atoms with E-state index in [1.54, 1.807) is 0 Å². The van der Waals surface area contributed by atoms with Crippen LogP contribution in [0.4, 0.5) is 0 Å². The molecule has 0 saturated carbocycles. The molecule has 19 heteroatoms. The fraction of sp³-hybridized carbons (Fsp3) is 0.952. The Morgan fingerprint density at radius 2 is 0.451 bits per heavy atom. The quantitative estimate of drug-likeness (QED) is 0.0222. The van der Waals surface area contributed by atoms with Crippen LogP contribution in [-0.4, -0.2) is 96.7 Å². The third kappa shape index (κ3) is 76.3. The third-order valence-corrected chi connectivity index (χ3v) is 21.3. The smallest absolute Gasteiger partial charge is 0.462 e. The number of hydrogen-bond acceptors (Lipinski definition) is 15. The van der Waals surface area contributed by atoms with Crippen molar-refractivity contribution < 1.29 is 80.2 Å². The zero-order chi connectivity index (χ0) is 75.1. The zero-order valence-electron chi connectivity index (χ0n) is 67.1. The molecule has 0 fully saturated rings. The van der Waals surface area contributed by atoms with Crippen molar-refractivity contribution in [3.8, 4) is 0 Å². The van der Waals surface area contributed by atoms with Gasteiger partial charge in [0.25, 0.3) is 0 Å². The lowest BCUT2D eigenvalue weighted by Crippen LogP contribution is -2.30. The van der Waals surface area contributed by atoms with Gasteiger partial charge in [-0.1, -0.05) is 382 Å². The highest BCUT2D eigenvalue weighted by atomic mass is 31.2. The minimum atomic E-state index is -4.96. The minimum absolute atomic E-state index is 0.105. The van der Waals surface area contributed by atoms with E-state index in [0.717, 1.165) is 108 Å². The maximum absolute atomic E-state index is 13.1. The maximum atomic E-state index is 13.1. The van der Waals surface area contributed by atoms with Gasteiger partial charge in [-0.3, -0.25) is 37.3 Å². The predicted molar refractivity (Wildman–Crippen MR) is 418 cm³/mol. The van der Waals surface area contributed by atoms with E-state index in [0.29, 0.717) is 25.7 Å². The lowest BCUT2D eigenvalue weighted by atomic mass is 10.0. The summed E-state index contributed by atoms with van der Waals surface area (Å²) in [6, 6.07) is 0. The van der Waals surface area contributed by atoms with Crippen molar-refractivity contribution in [3.63, 3.8) is 0 Å². The van der Waals surface area contributed by atoms with Crippen LogP contribution in [0.5, 0.6) is 0 Å². The van der Waals surface area contributed by atoms with E-state index in [4.69, 9.17) is 37.0 Å². The number of carbonyl (C=O) groups excluding carboxylic acids is 4. The standard InChI is InChI=1S/C83H162O17P2/c1-8-9-10-11-12-13-14-15-16-17-18-19-23-26-29-36-43-50-57-64-80(85)93-70-78(99-82(87)66-59-52-45-37-30-27-24-21-20-22-25-28-33-40-47-54-61-74(2)3)72-97-101(89,90)95-68-77(84)69-96-102(91,92)98-73-79(100-83(88)67-60-53-46-39-32-35-42-49-56-63-76(6)7)71-94-81(86)65-58-51-44-38-31-34-41-48-55-62-75(4)5/h74-79,84H,8-73H2,1-7H3,(H,89,90)(H,91,92)/t77-,78-,79-/m1/s1. The molecule has 0 aromatic rings. The molecule has 0 bridgehead atoms. The van der Waals surface area contributed by atoms with E-state index < -0.39 is 97.5 Å². The van der Waals surface area contributed by atoms with Crippen LogP contribution < -0.4 is 0 Å². The van der Waals surface area contributed by atoms with Crippen molar-refractivity contribution in [2.75, 3.05) is 39.6 Å². The number of aliphatic hydroxyl groups is 1. The van der Waals surface area contributed by atoms with Gasteiger partial charge in [0, 0.05) is 25.7 Å². The van der Waals surface area contributed by atoms with E-state index in [-0.39, 0.29) is 25.7 Å². The van der Waals surface area contributed by atoms with Crippen LogP contribution in [0.25, 0.3) is 0 Å². The van der Waals surface area contributed by atoms with Gasteiger partial charge in [0.1, 0.15) is 19.3 Å². The number of carbonyl (C=O) groups is 4. The first-order valence-corrected chi connectivity index (χ1v) is 45.8. The SMILES string of the molecule is CCCCCCCCCCCCCCCCCCCCCC(=O)OC[C@H](COP(=O)(O)OC[C@@H](O)COP(=O)(O)OC[C@@H](COC(=O)CCCCCCCCCCCC(C)C)OC(=O)CCCCCCCCCCCC(C)C)OC(=O)CCCCCCCCCCCCCCCCCCC(C)C. The van der Waals surface area contributed by atoms with E-state index in [1.807, 2.05) is 0 Å². The molecule has 0 aromatic carbocycles. The summed E-state index contributed by atoms with van der Waals surface area (Å²) in [5.41, 5.74) is 0. The molecule has 0 aliphatic carbocycles. The average molecular weight is 1490 g/mol. The summed E-state index contributed by atoms with van der Waals surface area (Å²) < 4.78 is 68.8. The number of rotatable bonds is 81. The molecule has 0 spiro atoms. The van der Waals surface area contributed by atoms with Crippen molar-refractivity contribution >= 4 is 39.5 Å². The molecule has 0 rings (SSSR count). The second kappa shape index (κ2) is 73.2. The fourth-order valence-electron chi connectivity index (χ4n) is 12.8. The van der Waals surface area contributed by atoms with Gasteiger partial charge in [0.15, 0.2) is 12.2 Å². The number of aliphatic hydroxyl groups excluding tert-OH is 1. The van der Waals surface area contributed by atoms with E-state index in [1.165, 1.54) is 244 Å². The van der Waals surface area contributed by atoms with Crippen molar-refractivity contribution in [3.05, 3.63) is 0 Å². The van der Waals surface area contributed by atoms with E-state index in [9.17, 15) is 43.2 Å². The number of hydrogen-bond donors (Lipinski definition) is 3. The van der Waals surface area contributed by atoms with Gasteiger partial charge < -0.3 is 33.8 Å². The van der Waals surface area contributed by atoms with Gasteiger partial charge in [-0.05, 0) is 43.4 Å². The second-order valence-corrected chi connectivity index (χ2v) is 34.2. The molecule has 0 amide bonds. The molecule has 606 valence electrons. The predicted octanol–water partition coefficient (Wildman–Crippen LogP) is 24.9. The van der Waals surface area contributed by atoms with Crippen molar-refractivity contribution in [1.82, 2.24) is 0 Å². The molecule has 3 N–H and O–H groups in total. The summed E-state index contributed by atoms with van der Waals surface area (Å²) >= 11 is 0. The number of unbranched alkanes of at least 4 members (excludes halogenated alkanes) is 49. The van der Waals surface area contributed by atoms with Crippen LogP contribution in [0.1, 0.15) is 434 Å². The molecule has 17 nitrogen and oxygen atoms in total. The number of phosphoric acid groups is 2. The van der Waals surface area contributed by atoms with Gasteiger partial charge in [-0.25, -0.2) is 9.13 Å². The highest BCUT2D eigenvalue weighted by molar-refractivity contribution is 7.47. The monoisotopic (exact) mass is 1490 g/mol. The Morgan fingerprint density at radius 3 is 0.667 bits per heavy atom. The first-order chi connectivity index (χ1) is 49.2. The third-order valence-electron chi connectivity index (χ3n) is 19.4. The van der Waals surface area contributed by atoms with Crippen LogP contribution in [0.3, 0.4) is 0 Å². The van der Waals surface area contributed by atoms with E-state index in [2.05, 4.69) is 48.5 Å². The first-order valence-electron chi connectivity index (χ1n) is 42.8. The molecule has 0 saturated heterocycles. The molecule has 0 radical (unpaired) electrons. The molecular weight excluding hydrogens is 1330 g/mol. The largest absolute Gasteiger partial charge is 0.472 e. The Hall–Kier alpha value is -1.94. The van der Waals surface area contributed by atoms with Crippen LogP contribution in [0.15, 0.2) is 0 Å². The summed E-state index contributed by atoms with van der Waals surface area (Å²) in [4.78, 5) is 73.1. The molecule has 5 atom stereocenters. The summed E-state index contributed by atoms with van der Waals surface area (Å²) in [5, 5.41) is 10.7. The van der Waals surface area contributed by atoms with Crippen molar-refractivity contribution in [2.45, 2.75) is 452 Å². The topological polar surface area (TPSA) is 237 Å². The Bertz CT molecular complexity index is 1970. The van der Waals surface area contributed by atoms with Gasteiger partial charge in [-0.2, -0.15) is 0 Å². The Kier molecular flexibility index (Phi) is 71.8. The van der Waals surface area contributed by atoms with Crippen LogP contribution in [0.2, 0.25) is 0 Å². The van der Waals surface area contributed by atoms with Gasteiger partial charge in [0.2, 0.25) is 0 Å². The molecule has 102 heavy (non-hydrogen) atoms. The highest BCUT2D eigenvalue weighted by Gasteiger charge is 2.30. The number of esters is 4. The average Bonchev–Trinajstić information content (AvgIpc) is 0.925. The summed E-state index contributed by atoms with van der Waals surface area (Å²) in [6.45, 7) is 11.9. The summed E-state index contributed by atoms with van der Waals surface area (Å²) in [5.74, 6) is 0.180. The molecule has 0 heterocycles.